The monoisotopic (exact) mass is 664 g/mol. The number of aliphatic hydroxyl groups is 2. The summed E-state index contributed by atoms with van der Waals surface area (Å²) in [5.74, 6) is 0. The molecule has 1 aliphatic heterocycles. The van der Waals surface area contributed by atoms with Crippen molar-refractivity contribution in [3.05, 3.63) is 81.3 Å². The second-order valence-corrected chi connectivity index (χ2v) is 10.6. The number of halogens is 2. The fraction of sp³-hybridized carbons (Fsp3) is 0.360. The molecule has 0 amide bonds. The molecule has 3 heterocycles. The summed E-state index contributed by atoms with van der Waals surface area (Å²) in [4.78, 5) is 0. The van der Waals surface area contributed by atoms with E-state index in [2.05, 4.69) is 52.5 Å². The van der Waals surface area contributed by atoms with Crippen LogP contribution in [0.3, 0.4) is 0 Å². The molecule has 0 bridgehead atoms. The standard InChI is InChI=1S/C25H26Br2N6O6/c1-36-25-24(38-14-18-11-33(31-29-18)20-8-4-16(27)5-9-20)23(22(35)21(12-34)39-25)37-13-17-10-32(30-28-17)19-6-2-15(26)3-7-19/h2-11,21-25,34-35H,12-14H2,1H3/t21-,22-,23+,24-,25+/m1/s1. The number of aromatic nitrogens is 6. The zero-order chi connectivity index (χ0) is 27.4. The van der Waals surface area contributed by atoms with E-state index in [-0.39, 0.29) is 13.2 Å². The lowest BCUT2D eigenvalue weighted by molar-refractivity contribution is -0.314. The van der Waals surface area contributed by atoms with E-state index in [0.717, 1.165) is 20.3 Å². The predicted molar refractivity (Wildman–Crippen MR) is 144 cm³/mol. The van der Waals surface area contributed by atoms with E-state index in [1.54, 1.807) is 21.8 Å². The first kappa shape index (κ1) is 28.0. The molecule has 39 heavy (non-hydrogen) atoms. The molecule has 0 unspecified atom stereocenters. The van der Waals surface area contributed by atoms with Gasteiger partial charge in [-0.15, -0.1) is 10.2 Å². The maximum absolute atomic E-state index is 10.9. The van der Waals surface area contributed by atoms with E-state index in [1.165, 1.54) is 7.11 Å². The van der Waals surface area contributed by atoms with Crippen molar-refractivity contribution in [1.82, 2.24) is 30.0 Å². The number of rotatable bonds is 10. The van der Waals surface area contributed by atoms with Gasteiger partial charge in [0.15, 0.2) is 6.29 Å². The molecule has 1 fully saturated rings. The lowest BCUT2D eigenvalue weighted by atomic mass is 9.98. The number of aliphatic hydroxyl groups excluding tert-OH is 2. The molecule has 0 aliphatic carbocycles. The van der Waals surface area contributed by atoms with Gasteiger partial charge in [-0.05, 0) is 48.5 Å². The van der Waals surface area contributed by atoms with E-state index < -0.39 is 37.3 Å². The van der Waals surface area contributed by atoms with Crippen LogP contribution in [0, 0.1) is 0 Å². The average Bonchev–Trinajstić information content (AvgIpc) is 3.62. The van der Waals surface area contributed by atoms with Crippen LogP contribution in [-0.2, 0) is 32.2 Å². The number of methoxy groups -OCH3 is 1. The molecule has 5 rings (SSSR count). The van der Waals surface area contributed by atoms with Gasteiger partial charge in [0, 0.05) is 16.1 Å². The largest absolute Gasteiger partial charge is 0.394 e. The molecule has 14 heteroatoms. The molecule has 206 valence electrons. The molecular formula is C25H26Br2N6O6. The van der Waals surface area contributed by atoms with Crippen LogP contribution in [0.1, 0.15) is 11.4 Å². The van der Waals surface area contributed by atoms with Crippen molar-refractivity contribution in [3.63, 3.8) is 0 Å². The number of nitrogens with zero attached hydrogens (tertiary/aromatic N) is 6. The third kappa shape index (κ3) is 6.61. The van der Waals surface area contributed by atoms with Gasteiger partial charge in [0.05, 0.1) is 43.6 Å². The van der Waals surface area contributed by atoms with E-state index in [0.29, 0.717) is 11.4 Å². The minimum atomic E-state index is -1.19. The molecule has 0 spiro atoms. The van der Waals surface area contributed by atoms with Gasteiger partial charge < -0.3 is 29.2 Å². The minimum absolute atomic E-state index is 0.0342. The smallest absolute Gasteiger partial charge is 0.186 e. The van der Waals surface area contributed by atoms with Gasteiger partial charge in [-0.1, -0.05) is 42.3 Å². The average molecular weight is 666 g/mol. The van der Waals surface area contributed by atoms with Gasteiger partial charge in [0.2, 0.25) is 0 Å². The highest BCUT2D eigenvalue weighted by Crippen LogP contribution is 2.28. The van der Waals surface area contributed by atoms with Gasteiger partial charge in [-0.25, -0.2) is 9.36 Å². The Hall–Kier alpha value is -2.56. The lowest BCUT2D eigenvalue weighted by Crippen LogP contribution is -2.60. The van der Waals surface area contributed by atoms with Crippen molar-refractivity contribution in [3.8, 4) is 11.4 Å². The van der Waals surface area contributed by atoms with E-state index in [4.69, 9.17) is 18.9 Å². The predicted octanol–water partition coefficient (Wildman–Crippen LogP) is 2.57. The van der Waals surface area contributed by atoms with Crippen molar-refractivity contribution >= 4 is 31.9 Å². The van der Waals surface area contributed by atoms with Crippen LogP contribution in [-0.4, -0.2) is 84.6 Å². The number of hydrogen-bond acceptors (Lipinski definition) is 10. The molecule has 4 aromatic rings. The topological polar surface area (TPSA) is 139 Å². The van der Waals surface area contributed by atoms with Crippen molar-refractivity contribution in [2.45, 2.75) is 43.9 Å². The summed E-state index contributed by atoms with van der Waals surface area (Å²) in [5.41, 5.74) is 2.77. The second kappa shape index (κ2) is 12.7. The molecule has 2 N–H and O–H groups in total. The molecule has 1 aliphatic rings. The summed E-state index contributed by atoms with van der Waals surface area (Å²) in [5, 5.41) is 37.4. The van der Waals surface area contributed by atoms with Crippen LogP contribution >= 0.6 is 31.9 Å². The Morgan fingerprint density at radius 1 is 0.821 bits per heavy atom. The summed E-state index contributed by atoms with van der Waals surface area (Å²) < 4.78 is 28.6. The zero-order valence-corrected chi connectivity index (χ0v) is 23.9. The molecule has 12 nitrogen and oxygen atoms in total. The first-order valence-corrected chi connectivity index (χ1v) is 13.6. The van der Waals surface area contributed by atoms with Gasteiger partial charge >= 0.3 is 0 Å². The Kier molecular flexibility index (Phi) is 9.14. The summed E-state index contributed by atoms with van der Waals surface area (Å²) in [6.45, 7) is -0.331. The molecule has 5 atom stereocenters. The maximum Gasteiger partial charge on any atom is 0.186 e. The van der Waals surface area contributed by atoms with Gasteiger partial charge in [0.25, 0.3) is 0 Å². The Morgan fingerprint density at radius 3 is 1.77 bits per heavy atom. The van der Waals surface area contributed by atoms with E-state index >= 15 is 0 Å². The molecule has 2 aromatic heterocycles. The number of ether oxygens (including phenoxy) is 4. The van der Waals surface area contributed by atoms with Crippen LogP contribution in [0.25, 0.3) is 11.4 Å². The summed E-state index contributed by atoms with van der Waals surface area (Å²) in [6, 6.07) is 15.2. The summed E-state index contributed by atoms with van der Waals surface area (Å²) in [7, 11) is 1.46. The van der Waals surface area contributed by atoms with Gasteiger partial charge in [0.1, 0.15) is 35.8 Å². The lowest BCUT2D eigenvalue weighted by Gasteiger charge is -2.43. The third-order valence-corrected chi connectivity index (χ3v) is 7.20. The van der Waals surface area contributed by atoms with E-state index in [1.807, 2.05) is 48.5 Å². The quantitative estimate of drug-likeness (QED) is 0.260. The van der Waals surface area contributed by atoms with Crippen LogP contribution in [0.15, 0.2) is 69.9 Å². The highest BCUT2D eigenvalue weighted by Gasteiger charge is 2.47. The normalized spacial score (nSPS) is 23.3. The molecule has 0 radical (unpaired) electrons. The van der Waals surface area contributed by atoms with Crippen LogP contribution in [0.2, 0.25) is 0 Å². The molecular weight excluding hydrogens is 640 g/mol. The minimum Gasteiger partial charge on any atom is -0.394 e. The maximum atomic E-state index is 10.9. The highest BCUT2D eigenvalue weighted by molar-refractivity contribution is 9.10. The number of hydrogen-bond donors (Lipinski definition) is 2. The number of benzene rings is 2. The van der Waals surface area contributed by atoms with Crippen LogP contribution in [0.5, 0.6) is 0 Å². The van der Waals surface area contributed by atoms with Crippen molar-refractivity contribution in [2.75, 3.05) is 13.7 Å². The van der Waals surface area contributed by atoms with Gasteiger partial charge in [-0.3, -0.25) is 0 Å². The molecule has 1 saturated heterocycles. The van der Waals surface area contributed by atoms with Gasteiger partial charge in [-0.2, -0.15) is 0 Å². The third-order valence-electron chi connectivity index (χ3n) is 6.14. The van der Waals surface area contributed by atoms with Crippen LogP contribution in [0.4, 0.5) is 0 Å². The summed E-state index contributed by atoms with van der Waals surface area (Å²) in [6.07, 6.45) is -1.27. The Bertz CT molecular complexity index is 1350. The second-order valence-electron chi connectivity index (χ2n) is 8.76. The first-order valence-electron chi connectivity index (χ1n) is 12.0. The van der Waals surface area contributed by atoms with Crippen molar-refractivity contribution in [1.29, 1.82) is 0 Å². The van der Waals surface area contributed by atoms with Crippen molar-refractivity contribution < 1.29 is 29.2 Å². The van der Waals surface area contributed by atoms with E-state index in [9.17, 15) is 10.2 Å². The van der Waals surface area contributed by atoms with Crippen molar-refractivity contribution in [2.24, 2.45) is 0 Å². The molecule has 2 aromatic carbocycles. The SMILES string of the molecule is CO[C@H]1O[C@H](CO)[C@@H](O)[C@H](OCc2cn(-c3ccc(Br)cc3)nn2)[C@H]1OCc1cn(-c2ccc(Br)cc2)nn1. The summed E-state index contributed by atoms with van der Waals surface area (Å²) >= 11 is 6.84. The first-order chi connectivity index (χ1) is 18.9. The highest BCUT2D eigenvalue weighted by atomic mass is 79.9. The zero-order valence-electron chi connectivity index (χ0n) is 20.7. The fourth-order valence-electron chi connectivity index (χ4n) is 4.13. The fourth-order valence-corrected chi connectivity index (χ4v) is 4.66. The molecule has 0 saturated carbocycles. The Morgan fingerprint density at radius 2 is 1.31 bits per heavy atom. The Balaban J connectivity index is 1.28. The Labute approximate surface area is 240 Å². The van der Waals surface area contributed by atoms with Crippen LogP contribution < -0.4 is 0 Å².